The van der Waals surface area contributed by atoms with Gasteiger partial charge in [-0.1, -0.05) is 18.2 Å². The van der Waals surface area contributed by atoms with Crippen LogP contribution in [0.2, 0.25) is 0 Å². The number of ether oxygens (including phenoxy) is 2. The predicted molar refractivity (Wildman–Crippen MR) is 101 cm³/mol. The number of nitrogens with zero attached hydrogens (tertiary/aromatic N) is 1. The van der Waals surface area contributed by atoms with Crippen molar-refractivity contribution in [3.05, 3.63) is 53.6 Å². The summed E-state index contributed by atoms with van der Waals surface area (Å²) in [5.74, 6) is 1.30. The van der Waals surface area contributed by atoms with Gasteiger partial charge in [-0.05, 0) is 42.8 Å². The molecule has 0 saturated heterocycles. The fourth-order valence-electron chi connectivity index (χ4n) is 2.50. The third-order valence-corrected chi connectivity index (χ3v) is 3.89. The maximum atomic E-state index is 12.0. The Labute approximate surface area is 153 Å². The number of carbonyl (C=O) groups is 1. The van der Waals surface area contributed by atoms with Gasteiger partial charge in [-0.15, -0.1) is 0 Å². The Bertz CT molecular complexity index is 784. The highest BCUT2D eigenvalue weighted by atomic mass is 16.5. The standard InChI is InChI=1S/C20H23N3O3/c1-25-18-8-7-15(13-19(18)26-2)9-11-22-12-10-20(24)23-17-6-4-3-5-16(17)14-21/h3-8,13,22H,9-12H2,1-2H3,(H,23,24). The Morgan fingerprint density at radius 3 is 2.58 bits per heavy atom. The zero-order valence-electron chi connectivity index (χ0n) is 15.0. The largest absolute Gasteiger partial charge is 0.493 e. The first-order valence-corrected chi connectivity index (χ1v) is 8.38. The van der Waals surface area contributed by atoms with E-state index in [4.69, 9.17) is 14.7 Å². The van der Waals surface area contributed by atoms with Gasteiger partial charge in [-0.3, -0.25) is 4.79 Å². The van der Waals surface area contributed by atoms with Crippen LogP contribution in [-0.4, -0.2) is 33.2 Å². The Kier molecular flexibility index (Phi) is 7.47. The van der Waals surface area contributed by atoms with Crippen molar-refractivity contribution in [2.75, 3.05) is 32.6 Å². The number of hydrogen-bond acceptors (Lipinski definition) is 5. The number of benzene rings is 2. The topological polar surface area (TPSA) is 83.4 Å². The third kappa shape index (κ3) is 5.50. The van der Waals surface area contributed by atoms with Gasteiger partial charge in [0.05, 0.1) is 25.5 Å². The Morgan fingerprint density at radius 2 is 1.85 bits per heavy atom. The minimum Gasteiger partial charge on any atom is -0.493 e. The highest BCUT2D eigenvalue weighted by Crippen LogP contribution is 2.27. The lowest BCUT2D eigenvalue weighted by Crippen LogP contribution is -2.23. The molecule has 6 nitrogen and oxygen atoms in total. The molecular formula is C20H23N3O3. The lowest BCUT2D eigenvalue weighted by molar-refractivity contribution is -0.116. The van der Waals surface area contributed by atoms with Crippen molar-refractivity contribution in [1.29, 1.82) is 5.26 Å². The van der Waals surface area contributed by atoms with E-state index >= 15 is 0 Å². The number of nitriles is 1. The molecule has 0 heterocycles. The normalized spacial score (nSPS) is 10.0. The van der Waals surface area contributed by atoms with Crippen molar-refractivity contribution < 1.29 is 14.3 Å². The number of rotatable bonds is 9. The summed E-state index contributed by atoms with van der Waals surface area (Å²) in [5, 5.41) is 15.0. The molecule has 0 aliphatic carbocycles. The summed E-state index contributed by atoms with van der Waals surface area (Å²) < 4.78 is 10.5. The van der Waals surface area contributed by atoms with Gasteiger partial charge in [0.1, 0.15) is 6.07 Å². The molecule has 0 aliphatic heterocycles. The molecule has 1 amide bonds. The zero-order valence-corrected chi connectivity index (χ0v) is 15.0. The van der Waals surface area contributed by atoms with Gasteiger partial charge in [0.15, 0.2) is 11.5 Å². The van der Waals surface area contributed by atoms with Crippen LogP contribution in [0.5, 0.6) is 11.5 Å². The van der Waals surface area contributed by atoms with Crippen molar-refractivity contribution in [2.24, 2.45) is 0 Å². The van der Waals surface area contributed by atoms with Crippen LogP contribution in [-0.2, 0) is 11.2 Å². The highest BCUT2D eigenvalue weighted by molar-refractivity contribution is 5.92. The van der Waals surface area contributed by atoms with Gasteiger partial charge in [0.25, 0.3) is 0 Å². The monoisotopic (exact) mass is 353 g/mol. The van der Waals surface area contributed by atoms with Crippen LogP contribution >= 0.6 is 0 Å². The highest BCUT2D eigenvalue weighted by Gasteiger charge is 2.07. The van der Waals surface area contributed by atoms with Crippen LogP contribution < -0.4 is 20.1 Å². The van der Waals surface area contributed by atoms with E-state index in [0.717, 1.165) is 18.5 Å². The number of nitrogens with one attached hydrogen (secondary N) is 2. The molecule has 2 rings (SSSR count). The molecule has 0 unspecified atom stereocenters. The number of methoxy groups -OCH3 is 2. The summed E-state index contributed by atoms with van der Waals surface area (Å²) in [4.78, 5) is 12.0. The Balaban J connectivity index is 1.72. The third-order valence-electron chi connectivity index (χ3n) is 3.89. The van der Waals surface area contributed by atoms with Crippen molar-refractivity contribution in [1.82, 2.24) is 5.32 Å². The van der Waals surface area contributed by atoms with Crippen LogP contribution in [0.4, 0.5) is 5.69 Å². The van der Waals surface area contributed by atoms with Crippen LogP contribution in [0.15, 0.2) is 42.5 Å². The molecule has 0 atom stereocenters. The molecule has 0 saturated carbocycles. The zero-order chi connectivity index (χ0) is 18.8. The first kappa shape index (κ1) is 19.3. The fourth-order valence-corrected chi connectivity index (χ4v) is 2.50. The van der Waals surface area contributed by atoms with Crippen LogP contribution in [0.3, 0.4) is 0 Å². The lowest BCUT2D eigenvalue weighted by atomic mass is 10.1. The number of hydrogen-bond donors (Lipinski definition) is 2. The quantitative estimate of drug-likeness (QED) is 0.677. The van der Waals surface area contributed by atoms with Crippen LogP contribution in [0, 0.1) is 11.3 Å². The van der Waals surface area contributed by atoms with Crippen LogP contribution in [0.25, 0.3) is 0 Å². The Morgan fingerprint density at radius 1 is 1.08 bits per heavy atom. The minimum absolute atomic E-state index is 0.119. The molecule has 0 aromatic heterocycles. The van der Waals surface area contributed by atoms with Gasteiger partial charge in [-0.2, -0.15) is 5.26 Å². The lowest BCUT2D eigenvalue weighted by Gasteiger charge is -2.10. The molecule has 2 aromatic rings. The molecule has 136 valence electrons. The molecule has 0 spiro atoms. The van der Waals surface area contributed by atoms with Gasteiger partial charge in [0.2, 0.25) is 5.91 Å². The van der Waals surface area contributed by atoms with E-state index in [1.807, 2.05) is 18.2 Å². The van der Waals surface area contributed by atoms with Crippen molar-refractivity contribution in [3.8, 4) is 17.6 Å². The van der Waals surface area contributed by atoms with E-state index in [0.29, 0.717) is 35.7 Å². The molecule has 0 fully saturated rings. The first-order chi connectivity index (χ1) is 12.7. The maximum absolute atomic E-state index is 12.0. The molecule has 2 N–H and O–H groups in total. The molecule has 6 heteroatoms. The molecule has 26 heavy (non-hydrogen) atoms. The fraction of sp³-hybridized carbons (Fsp3) is 0.300. The summed E-state index contributed by atoms with van der Waals surface area (Å²) in [6, 6.07) is 14.8. The molecule has 0 bridgehead atoms. The predicted octanol–water partition coefficient (Wildman–Crippen LogP) is 2.74. The number of para-hydroxylation sites is 1. The van der Waals surface area contributed by atoms with Crippen molar-refractivity contribution in [2.45, 2.75) is 12.8 Å². The van der Waals surface area contributed by atoms with Gasteiger partial charge in [0, 0.05) is 13.0 Å². The number of carbonyl (C=O) groups excluding carboxylic acids is 1. The summed E-state index contributed by atoms with van der Waals surface area (Å²) in [7, 11) is 3.22. The Hall–Kier alpha value is -3.04. The SMILES string of the molecule is COc1ccc(CCNCCC(=O)Nc2ccccc2C#N)cc1OC. The van der Waals surface area contributed by atoms with E-state index in [1.54, 1.807) is 38.5 Å². The van der Waals surface area contributed by atoms with Crippen LogP contribution in [0.1, 0.15) is 17.5 Å². The van der Waals surface area contributed by atoms with E-state index < -0.39 is 0 Å². The number of amides is 1. The smallest absolute Gasteiger partial charge is 0.225 e. The van der Waals surface area contributed by atoms with E-state index in [1.165, 1.54) is 0 Å². The molecule has 2 aromatic carbocycles. The van der Waals surface area contributed by atoms with Gasteiger partial charge in [-0.25, -0.2) is 0 Å². The van der Waals surface area contributed by atoms with E-state index in [2.05, 4.69) is 16.7 Å². The maximum Gasteiger partial charge on any atom is 0.225 e. The van der Waals surface area contributed by atoms with E-state index in [9.17, 15) is 4.79 Å². The second kappa shape index (κ2) is 10.1. The second-order valence-electron chi connectivity index (χ2n) is 5.64. The van der Waals surface area contributed by atoms with Gasteiger partial charge >= 0.3 is 0 Å². The average molecular weight is 353 g/mol. The summed E-state index contributed by atoms with van der Waals surface area (Å²) in [6.45, 7) is 1.31. The van der Waals surface area contributed by atoms with E-state index in [-0.39, 0.29) is 5.91 Å². The minimum atomic E-state index is -0.119. The summed E-state index contributed by atoms with van der Waals surface area (Å²) >= 11 is 0. The molecule has 0 radical (unpaired) electrons. The average Bonchev–Trinajstić information content (AvgIpc) is 2.67. The second-order valence-corrected chi connectivity index (χ2v) is 5.64. The summed E-state index contributed by atoms with van der Waals surface area (Å²) in [5.41, 5.74) is 2.13. The van der Waals surface area contributed by atoms with Crippen molar-refractivity contribution in [3.63, 3.8) is 0 Å². The number of anilines is 1. The summed E-state index contributed by atoms with van der Waals surface area (Å²) in [6.07, 6.45) is 1.16. The van der Waals surface area contributed by atoms with Gasteiger partial charge < -0.3 is 20.1 Å². The first-order valence-electron chi connectivity index (χ1n) is 8.38. The molecular weight excluding hydrogens is 330 g/mol. The molecule has 0 aliphatic rings. The van der Waals surface area contributed by atoms with Crippen molar-refractivity contribution >= 4 is 11.6 Å².